The number of aryl methyl sites for hydroxylation is 1. The average Bonchev–Trinajstić information content (AvgIpc) is 3.18. The van der Waals surface area contributed by atoms with Gasteiger partial charge in [0.05, 0.1) is 0 Å². The Labute approximate surface area is 130 Å². The van der Waals surface area contributed by atoms with Crippen LogP contribution in [0.25, 0.3) is 11.6 Å². The van der Waals surface area contributed by atoms with Gasteiger partial charge in [0, 0.05) is 50.3 Å². The van der Waals surface area contributed by atoms with Gasteiger partial charge in [-0.2, -0.15) is 0 Å². The van der Waals surface area contributed by atoms with E-state index in [0.717, 1.165) is 36.9 Å². The molecule has 1 unspecified atom stereocenters. The monoisotopic (exact) mass is 301 g/mol. The van der Waals surface area contributed by atoms with E-state index >= 15 is 0 Å². The molecule has 0 radical (unpaired) electrons. The standard InChI is InChI=1S/C17H23N3O2/c1-4-14-5-6-15(22-14)17-18-7-8-19(17)10-13-9-16(21)20(11-13)12(2)3/h5-8,12-13H,4,9-11H2,1-3H3. The highest BCUT2D eigenvalue weighted by atomic mass is 16.3. The van der Waals surface area contributed by atoms with Crippen LogP contribution in [0.2, 0.25) is 0 Å². The van der Waals surface area contributed by atoms with E-state index < -0.39 is 0 Å². The summed E-state index contributed by atoms with van der Waals surface area (Å²) >= 11 is 0. The summed E-state index contributed by atoms with van der Waals surface area (Å²) in [6.07, 6.45) is 5.25. The quantitative estimate of drug-likeness (QED) is 0.853. The fraction of sp³-hybridized carbons (Fsp3) is 0.529. The summed E-state index contributed by atoms with van der Waals surface area (Å²) in [7, 11) is 0. The van der Waals surface area contributed by atoms with E-state index in [4.69, 9.17) is 4.42 Å². The van der Waals surface area contributed by atoms with Crippen molar-refractivity contribution in [3.05, 3.63) is 30.3 Å². The predicted octanol–water partition coefficient (Wildman–Crippen LogP) is 2.96. The van der Waals surface area contributed by atoms with Crippen molar-refractivity contribution in [1.29, 1.82) is 0 Å². The third kappa shape index (κ3) is 2.80. The summed E-state index contributed by atoms with van der Waals surface area (Å²) in [4.78, 5) is 18.4. The van der Waals surface area contributed by atoms with Crippen LogP contribution in [0.4, 0.5) is 0 Å². The molecule has 22 heavy (non-hydrogen) atoms. The van der Waals surface area contributed by atoms with E-state index in [0.29, 0.717) is 12.3 Å². The van der Waals surface area contributed by atoms with E-state index in [-0.39, 0.29) is 11.9 Å². The highest BCUT2D eigenvalue weighted by Gasteiger charge is 2.31. The molecule has 1 amide bonds. The lowest BCUT2D eigenvalue weighted by Gasteiger charge is -2.21. The molecule has 0 saturated carbocycles. The van der Waals surface area contributed by atoms with Crippen LogP contribution in [0.15, 0.2) is 28.9 Å². The third-order valence-electron chi connectivity index (χ3n) is 4.26. The molecule has 0 bridgehead atoms. The van der Waals surface area contributed by atoms with Crippen molar-refractivity contribution in [2.24, 2.45) is 5.92 Å². The number of rotatable bonds is 5. The van der Waals surface area contributed by atoms with E-state index in [1.54, 1.807) is 6.20 Å². The summed E-state index contributed by atoms with van der Waals surface area (Å²) in [6, 6.07) is 4.24. The number of aromatic nitrogens is 2. The van der Waals surface area contributed by atoms with Crippen molar-refractivity contribution in [2.45, 2.75) is 46.2 Å². The Morgan fingerprint density at radius 3 is 2.86 bits per heavy atom. The van der Waals surface area contributed by atoms with Crippen LogP contribution in [0, 0.1) is 5.92 Å². The number of furan rings is 1. The Kier molecular flexibility index (Phi) is 4.05. The van der Waals surface area contributed by atoms with Gasteiger partial charge in [0.15, 0.2) is 11.6 Å². The van der Waals surface area contributed by atoms with Gasteiger partial charge < -0.3 is 13.9 Å². The van der Waals surface area contributed by atoms with Crippen molar-refractivity contribution >= 4 is 5.91 Å². The van der Waals surface area contributed by atoms with Gasteiger partial charge in [-0.25, -0.2) is 4.98 Å². The molecule has 2 aromatic heterocycles. The molecular formula is C17H23N3O2. The van der Waals surface area contributed by atoms with Crippen LogP contribution in [0.5, 0.6) is 0 Å². The Bertz CT molecular complexity index is 656. The molecule has 118 valence electrons. The van der Waals surface area contributed by atoms with Crippen LogP contribution in [-0.4, -0.2) is 32.9 Å². The highest BCUT2D eigenvalue weighted by molar-refractivity contribution is 5.78. The Balaban J connectivity index is 1.75. The summed E-state index contributed by atoms with van der Waals surface area (Å²) in [6.45, 7) is 7.83. The second-order valence-electron chi connectivity index (χ2n) is 6.23. The van der Waals surface area contributed by atoms with Crippen LogP contribution in [0.1, 0.15) is 33.0 Å². The first-order valence-electron chi connectivity index (χ1n) is 7.98. The van der Waals surface area contributed by atoms with Crippen molar-refractivity contribution in [3.8, 4) is 11.6 Å². The Hall–Kier alpha value is -2.04. The number of hydrogen-bond donors (Lipinski definition) is 0. The lowest BCUT2D eigenvalue weighted by Crippen LogP contribution is -2.32. The van der Waals surface area contributed by atoms with Gasteiger partial charge >= 0.3 is 0 Å². The smallest absolute Gasteiger partial charge is 0.223 e. The van der Waals surface area contributed by atoms with Gasteiger partial charge in [-0.1, -0.05) is 6.92 Å². The number of imidazole rings is 1. The molecule has 5 nitrogen and oxygen atoms in total. The number of carbonyl (C=O) groups is 1. The van der Waals surface area contributed by atoms with Crippen LogP contribution in [0.3, 0.4) is 0 Å². The first-order chi connectivity index (χ1) is 10.6. The molecule has 3 rings (SSSR count). The summed E-state index contributed by atoms with van der Waals surface area (Å²) in [5, 5.41) is 0. The minimum atomic E-state index is 0.257. The second kappa shape index (κ2) is 5.99. The Morgan fingerprint density at radius 2 is 2.23 bits per heavy atom. The van der Waals surface area contributed by atoms with Crippen molar-refractivity contribution < 1.29 is 9.21 Å². The number of hydrogen-bond acceptors (Lipinski definition) is 3. The maximum Gasteiger partial charge on any atom is 0.223 e. The van der Waals surface area contributed by atoms with Crippen LogP contribution >= 0.6 is 0 Å². The molecule has 0 spiro atoms. The second-order valence-corrected chi connectivity index (χ2v) is 6.23. The largest absolute Gasteiger partial charge is 0.458 e. The van der Waals surface area contributed by atoms with Crippen LogP contribution < -0.4 is 0 Å². The number of amides is 1. The zero-order valence-corrected chi connectivity index (χ0v) is 13.5. The predicted molar refractivity (Wildman–Crippen MR) is 84.3 cm³/mol. The molecule has 0 N–H and O–H groups in total. The molecular weight excluding hydrogens is 278 g/mol. The number of likely N-dealkylation sites (tertiary alicyclic amines) is 1. The van der Waals surface area contributed by atoms with Crippen molar-refractivity contribution in [2.75, 3.05) is 6.54 Å². The van der Waals surface area contributed by atoms with Gasteiger partial charge in [-0.3, -0.25) is 4.79 Å². The molecule has 1 atom stereocenters. The molecule has 1 aliphatic rings. The van der Waals surface area contributed by atoms with Gasteiger partial charge in [0.1, 0.15) is 5.76 Å². The molecule has 5 heteroatoms. The molecule has 1 aliphatic heterocycles. The lowest BCUT2D eigenvalue weighted by atomic mass is 10.1. The van der Waals surface area contributed by atoms with Gasteiger partial charge in [0.25, 0.3) is 0 Å². The van der Waals surface area contributed by atoms with E-state index in [9.17, 15) is 4.79 Å². The van der Waals surface area contributed by atoms with Crippen molar-refractivity contribution in [3.63, 3.8) is 0 Å². The lowest BCUT2D eigenvalue weighted by molar-refractivity contribution is -0.129. The highest BCUT2D eigenvalue weighted by Crippen LogP contribution is 2.25. The minimum Gasteiger partial charge on any atom is -0.458 e. The topological polar surface area (TPSA) is 51.3 Å². The SMILES string of the molecule is CCc1ccc(-c2nccn2CC2CC(=O)N(C(C)C)C2)o1. The summed E-state index contributed by atoms with van der Waals surface area (Å²) in [5.41, 5.74) is 0. The van der Waals surface area contributed by atoms with Crippen molar-refractivity contribution in [1.82, 2.24) is 14.5 Å². The third-order valence-corrected chi connectivity index (χ3v) is 4.26. The maximum absolute atomic E-state index is 12.0. The minimum absolute atomic E-state index is 0.257. The molecule has 1 fully saturated rings. The summed E-state index contributed by atoms with van der Waals surface area (Å²) < 4.78 is 7.90. The zero-order valence-electron chi connectivity index (χ0n) is 13.5. The molecule has 1 saturated heterocycles. The zero-order chi connectivity index (χ0) is 15.7. The van der Waals surface area contributed by atoms with Gasteiger partial charge in [0.2, 0.25) is 5.91 Å². The fourth-order valence-electron chi connectivity index (χ4n) is 3.08. The van der Waals surface area contributed by atoms with Gasteiger partial charge in [-0.05, 0) is 26.0 Å². The fourth-order valence-corrected chi connectivity index (χ4v) is 3.08. The molecule has 0 aliphatic carbocycles. The number of nitrogens with zero attached hydrogens (tertiary/aromatic N) is 3. The summed E-state index contributed by atoms with van der Waals surface area (Å²) in [5.74, 6) is 3.20. The molecule has 2 aromatic rings. The van der Waals surface area contributed by atoms with Gasteiger partial charge in [-0.15, -0.1) is 0 Å². The molecule has 0 aromatic carbocycles. The first-order valence-corrected chi connectivity index (χ1v) is 7.98. The Morgan fingerprint density at radius 1 is 1.41 bits per heavy atom. The van der Waals surface area contributed by atoms with E-state index in [1.165, 1.54) is 0 Å². The van der Waals surface area contributed by atoms with E-state index in [1.807, 2.05) is 23.2 Å². The normalized spacial score (nSPS) is 18.6. The number of carbonyl (C=O) groups excluding carboxylic acids is 1. The maximum atomic E-state index is 12.0. The molecule has 3 heterocycles. The van der Waals surface area contributed by atoms with Crippen LogP contribution in [-0.2, 0) is 17.8 Å². The first kappa shape index (κ1) is 14.9. The average molecular weight is 301 g/mol. The van der Waals surface area contributed by atoms with E-state index in [2.05, 4.69) is 30.3 Å².